The number of ketones is 1. The minimum Gasteiger partial charge on any atom is -0.379 e. The first-order valence-corrected chi connectivity index (χ1v) is 9.81. The second-order valence-corrected chi connectivity index (χ2v) is 8.66. The van der Waals surface area contributed by atoms with Gasteiger partial charge in [0.15, 0.2) is 11.9 Å². The summed E-state index contributed by atoms with van der Waals surface area (Å²) in [5, 5.41) is 9.75. The third kappa shape index (κ3) is 3.72. The van der Waals surface area contributed by atoms with Crippen molar-refractivity contribution in [1.29, 1.82) is 0 Å². The first kappa shape index (κ1) is 21.1. The van der Waals surface area contributed by atoms with Gasteiger partial charge < -0.3 is 10.9 Å². The van der Waals surface area contributed by atoms with Crippen LogP contribution in [0.25, 0.3) is 22.4 Å². The fourth-order valence-electron chi connectivity index (χ4n) is 4.28. The number of pyridine rings is 1. The molecular formula is C23H22F3N3O2. The number of carbonyl (C=O) groups excluding carboxylic acids is 1. The maximum Gasteiger partial charge on any atom is 0.418 e. The minimum atomic E-state index is -4.80. The Morgan fingerprint density at radius 1 is 1.10 bits per heavy atom. The molecule has 0 amide bonds. The predicted molar refractivity (Wildman–Crippen MR) is 111 cm³/mol. The smallest absolute Gasteiger partial charge is 0.379 e. The van der Waals surface area contributed by atoms with Gasteiger partial charge in [0, 0.05) is 35.5 Å². The van der Waals surface area contributed by atoms with Gasteiger partial charge in [0.1, 0.15) is 0 Å². The van der Waals surface area contributed by atoms with Crippen LogP contribution in [0.1, 0.15) is 48.0 Å². The topological polar surface area (TPSA) is 81.1 Å². The molecule has 0 spiro atoms. The van der Waals surface area contributed by atoms with Gasteiger partial charge in [0.25, 0.3) is 0 Å². The normalized spacial score (nSPS) is 16.8. The molecule has 0 aliphatic heterocycles. The Bertz CT molecular complexity index is 1150. The molecule has 0 radical (unpaired) electrons. The number of aliphatic hydroxyl groups excluding tert-OH is 1. The molecule has 31 heavy (non-hydrogen) atoms. The summed E-state index contributed by atoms with van der Waals surface area (Å²) in [5.74, 6) is 6.35. The minimum absolute atomic E-state index is 0.109. The maximum absolute atomic E-state index is 13.2. The first-order valence-electron chi connectivity index (χ1n) is 9.81. The van der Waals surface area contributed by atoms with Crippen LogP contribution in [0.3, 0.4) is 0 Å². The van der Waals surface area contributed by atoms with E-state index in [1.165, 1.54) is 22.9 Å². The highest BCUT2D eigenvalue weighted by Gasteiger charge is 2.40. The van der Waals surface area contributed by atoms with Crippen molar-refractivity contribution >= 4 is 5.78 Å². The largest absolute Gasteiger partial charge is 0.418 e. The average Bonchev–Trinajstić information content (AvgIpc) is 2.99. The van der Waals surface area contributed by atoms with Gasteiger partial charge in [-0.25, -0.2) is 0 Å². The molecule has 8 heteroatoms. The molecule has 1 unspecified atom stereocenters. The van der Waals surface area contributed by atoms with Crippen molar-refractivity contribution in [2.24, 2.45) is 5.41 Å². The maximum atomic E-state index is 13.2. The van der Waals surface area contributed by atoms with Crippen LogP contribution in [0.2, 0.25) is 0 Å². The van der Waals surface area contributed by atoms with Crippen LogP contribution in [0.4, 0.5) is 13.2 Å². The van der Waals surface area contributed by atoms with Crippen LogP contribution < -0.4 is 5.84 Å². The Labute approximate surface area is 177 Å². The number of nitrogens with two attached hydrogens (primary N) is 1. The quantitative estimate of drug-likeness (QED) is 0.593. The lowest BCUT2D eigenvalue weighted by molar-refractivity contribution is -0.206. The third-order valence-electron chi connectivity index (χ3n) is 5.63. The first-order chi connectivity index (χ1) is 14.5. The Kier molecular flexibility index (Phi) is 4.93. The van der Waals surface area contributed by atoms with E-state index in [0.29, 0.717) is 46.5 Å². The summed E-state index contributed by atoms with van der Waals surface area (Å²) in [5.41, 5.74) is 2.55. The van der Waals surface area contributed by atoms with Crippen molar-refractivity contribution in [3.8, 4) is 22.4 Å². The molecule has 162 valence electrons. The molecule has 3 aromatic rings. The molecule has 0 bridgehead atoms. The van der Waals surface area contributed by atoms with E-state index >= 15 is 0 Å². The van der Waals surface area contributed by atoms with Gasteiger partial charge in [-0.1, -0.05) is 32.0 Å². The number of nitrogen functional groups attached to an aromatic ring is 1. The van der Waals surface area contributed by atoms with Crippen LogP contribution in [0.15, 0.2) is 48.8 Å². The molecule has 1 aromatic carbocycles. The van der Waals surface area contributed by atoms with E-state index in [9.17, 15) is 23.1 Å². The molecule has 0 fully saturated rings. The van der Waals surface area contributed by atoms with Gasteiger partial charge in [-0.2, -0.15) is 13.2 Å². The SMILES string of the molecule is CC1(C)CC(=O)c2c(-c3cccc(C(O)C(F)(F)F)c3)c(-c3ccncc3)n(N)c2C1. The molecule has 3 N–H and O–H groups in total. The molecule has 0 saturated heterocycles. The number of halogens is 3. The lowest BCUT2D eigenvalue weighted by Gasteiger charge is -2.29. The van der Waals surface area contributed by atoms with Crippen molar-refractivity contribution in [2.45, 2.75) is 39.0 Å². The number of aromatic nitrogens is 2. The lowest BCUT2D eigenvalue weighted by atomic mass is 9.75. The highest BCUT2D eigenvalue weighted by atomic mass is 19.4. The van der Waals surface area contributed by atoms with Gasteiger partial charge in [0.05, 0.1) is 11.4 Å². The Balaban J connectivity index is 2.00. The van der Waals surface area contributed by atoms with Crippen molar-refractivity contribution in [3.05, 3.63) is 65.6 Å². The number of hydrogen-bond acceptors (Lipinski definition) is 4. The van der Waals surface area contributed by atoms with Gasteiger partial charge in [-0.05, 0) is 41.2 Å². The number of nitrogens with zero attached hydrogens (tertiary/aromatic N) is 2. The Morgan fingerprint density at radius 2 is 1.77 bits per heavy atom. The zero-order valence-corrected chi connectivity index (χ0v) is 17.1. The summed E-state index contributed by atoms with van der Waals surface area (Å²) in [6.45, 7) is 3.96. The predicted octanol–water partition coefficient (Wildman–Crippen LogP) is 4.68. The molecule has 0 saturated carbocycles. The molecule has 1 atom stereocenters. The molecule has 1 aliphatic carbocycles. The molecule has 2 heterocycles. The van der Waals surface area contributed by atoms with Crippen LogP contribution in [-0.4, -0.2) is 26.7 Å². The third-order valence-corrected chi connectivity index (χ3v) is 5.63. The van der Waals surface area contributed by atoms with E-state index in [4.69, 9.17) is 5.84 Å². The monoisotopic (exact) mass is 429 g/mol. The number of Topliss-reactive ketones (excluding diaryl/α,β-unsaturated/α-hetero) is 1. The summed E-state index contributed by atoms with van der Waals surface area (Å²) in [7, 11) is 0. The van der Waals surface area contributed by atoms with E-state index in [0.717, 1.165) is 0 Å². The van der Waals surface area contributed by atoms with E-state index < -0.39 is 12.3 Å². The number of hydrogen-bond donors (Lipinski definition) is 2. The van der Waals surface area contributed by atoms with Crippen molar-refractivity contribution in [3.63, 3.8) is 0 Å². The number of carbonyl (C=O) groups is 1. The van der Waals surface area contributed by atoms with Crippen LogP contribution in [0, 0.1) is 5.41 Å². The number of alkyl halides is 3. The Hall–Kier alpha value is -3.13. The number of fused-ring (bicyclic) bond motifs is 1. The summed E-state index contributed by atoms with van der Waals surface area (Å²) in [6.07, 6.45) is -3.40. The fourth-order valence-corrected chi connectivity index (χ4v) is 4.28. The highest BCUT2D eigenvalue weighted by molar-refractivity contribution is 6.08. The fraction of sp³-hybridized carbons (Fsp3) is 0.304. The summed E-state index contributed by atoms with van der Waals surface area (Å²) >= 11 is 0. The molecule has 4 rings (SSSR count). The lowest BCUT2D eigenvalue weighted by Crippen LogP contribution is -2.29. The highest BCUT2D eigenvalue weighted by Crippen LogP contribution is 2.45. The van der Waals surface area contributed by atoms with Crippen molar-refractivity contribution in [1.82, 2.24) is 9.66 Å². The van der Waals surface area contributed by atoms with E-state index in [1.807, 2.05) is 13.8 Å². The van der Waals surface area contributed by atoms with Crippen LogP contribution >= 0.6 is 0 Å². The summed E-state index contributed by atoms with van der Waals surface area (Å²) in [4.78, 5) is 17.2. The zero-order valence-electron chi connectivity index (χ0n) is 17.1. The van der Waals surface area contributed by atoms with Gasteiger partial charge in [-0.3, -0.25) is 14.5 Å². The molecular weight excluding hydrogens is 407 g/mol. The second kappa shape index (κ2) is 7.23. The molecule has 1 aliphatic rings. The van der Waals surface area contributed by atoms with Gasteiger partial charge in [-0.15, -0.1) is 0 Å². The van der Waals surface area contributed by atoms with E-state index in [2.05, 4.69) is 4.98 Å². The second-order valence-electron chi connectivity index (χ2n) is 8.66. The number of benzene rings is 1. The van der Waals surface area contributed by atoms with Crippen molar-refractivity contribution < 1.29 is 23.1 Å². The molecule has 2 aromatic heterocycles. The van der Waals surface area contributed by atoms with Crippen LogP contribution in [-0.2, 0) is 6.42 Å². The van der Waals surface area contributed by atoms with Crippen molar-refractivity contribution in [2.75, 3.05) is 5.84 Å². The van der Waals surface area contributed by atoms with E-state index in [-0.39, 0.29) is 16.8 Å². The van der Waals surface area contributed by atoms with Gasteiger partial charge in [0.2, 0.25) is 0 Å². The number of rotatable bonds is 3. The van der Waals surface area contributed by atoms with Crippen LogP contribution in [0.5, 0.6) is 0 Å². The number of aliphatic hydroxyl groups is 1. The van der Waals surface area contributed by atoms with Gasteiger partial charge >= 0.3 is 6.18 Å². The average molecular weight is 429 g/mol. The zero-order chi connectivity index (χ0) is 22.6. The standard InChI is InChI=1S/C23H22F3N3O2/c1-22(2)11-16-19(17(30)12-22)18(20(29(16)27)13-6-8-28-9-7-13)14-4-3-5-15(10-14)21(31)23(24,25)26/h3-10,21,31H,11-12,27H2,1-2H3. The summed E-state index contributed by atoms with van der Waals surface area (Å²) < 4.78 is 40.8. The van der Waals surface area contributed by atoms with E-state index in [1.54, 1.807) is 30.6 Å². The Morgan fingerprint density at radius 3 is 2.42 bits per heavy atom. The molecule has 5 nitrogen and oxygen atoms in total. The summed E-state index contributed by atoms with van der Waals surface area (Å²) in [6, 6.07) is 9.01.